The van der Waals surface area contributed by atoms with Crippen molar-refractivity contribution < 1.29 is 9.21 Å². The van der Waals surface area contributed by atoms with Crippen LogP contribution >= 0.6 is 11.8 Å². The Labute approximate surface area is 134 Å². The molecule has 1 aliphatic carbocycles. The van der Waals surface area contributed by atoms with Crippen LogP contribution in [0, 0.1) is 13.8 Å². The van der Waals surface area contributed by atoms with Crippen LogP contribution in [0.15, 0.2) is 40.0 Å². The zero-order valence-electron chi connectivity index (χ0n) is 12.9. The molecule has 0 bridgehead atoms. The number of nitrogens with zero attached hydrogens (tertiary/aromatic N) is 1. The van der Waals surface area contributed by atoms with Gasteiger partial charge in [-0.25, -0.2) is 4.98 Å². The number of carbonyl (C=O) groups is 1. The van der Waals surface area contributed by atoms with Crippen molar-refractivity contribution in [2.24, 2.45) is 0 Å². The van der Waals surface area contributed by atoms with Crippen molar-refractivity contribution in [1.82, 2.24) is 10.3 Å². The Morgan fingerprint density at radius 2 is 2.05 bits per heavy atom. The third-order valence-corrected chi connectivity index (χ3v) is 5.08. The molecule has 1 aliphatic rings. The van der Waals surface area contributed by atoms with E-state index in [0.717, 1.165) is 30.7 Å². The predicted molar refractivity (Wildman–Crippen MR) is 86.8 cm³/mol. The van der Waals surface area contributed by atoms with E-state index in [1.54, 1.807) is 0 Å². The molecule has 2 aromatic rings. The largest absolute Gasteiger partial charge is 0.437 e. The summed E-state index contributed by atoms with van der Waals surface area (Å²) in [6.07, 6.45) is 3.16. The molecule has 1 aromatic carbocycles. The number of hydrogen-bond donors (Lipinski definition) is 1. The van der Waals surface area contributed by atoms with Gasteiger partial charge in [0.05, 0.1) is 17.0 Å². The number of amides is 1. The average molecular weight is 316 g/mol. The predicted octanol–water partition coefficient (Wildman–Crippen LogP) is 3.58. The highest BCUT2D eigenvalue weighted by Crippen LogP contribution is 2.41. The molecule has 0 spiro atoms. The Hall–Kier alpha value is -1.75. The van der Waals surface area contributed by atoms with Crippen molar-refractivity contribution in [3.8, 4) is 0 Å². The van der Waals surface area contributed by atoms with Gasteiger partial charge in [-0.05, 0) is 38.7 Å². The van der Waals surface area contributed by atoms with E-state index in [4.69, 9.17) is 4.42 Å². The summed E-state index contributed by atoms with van der Waals surface area (Å²) in [4.78, 5) is 16.6. The van der Waals surface area contributed by atoms with Crippen LogP contribution in [0.1, 0.15) is 36.3 Å². The number of nitrogens with one attached hydrogen (secondary N) is 1. The summed E-state index contributed by atoms with van der Waals surface area (Å²) in [5, 5.41) is 3.77. The first kappa shape index (κ1) is 15.2. The molecule has 1 N–H and O–H groups in total. The third-order valence-electron chi connectivity index (χ3n) is 4.25. The standard InChI is InChI=1S/C17H20N2O2S/c1-12-13(2)21-16(18-12)22-11-15(20)19-17(9-6-10-17)14-7-4-3-5-8-14/h3-5,7-8H,6,9-11H2,1-2H3,(H,19,20). The number of oxazole rings is 1. The SMILES string of the molecule is Cc1nc(SCC(=O)NC2(c3ccccc3)CCC2)oc1C. The van der Waals surface area contributed by atoms with Crippen molar-refractivity contribution in [3.05, 3.63) is 47.3 Å². The van der Waals surface area contributed by atoms with E-state index in [1.807, 2.05) is 32.0 Å². The van der Waals surface area contributed by atoms with Gasteiger partial charge >= 0.3 is 0 Å². The maximum Gasteiger partial charge on any atom is 0.256 e. The molecular weight excluding hydrogens is 296 g/mol. The molecule has 1 saturated carbocycles. The molecule has 1 aromatic heterocycles. The van der Waals surface area contributed by atoms with E-state index in [1.165, 1.54) is 17.3 Å². The van der Waals surface area contributed by atoms with Gasteiger partial charge in [-0.15, -0.1) is 0 Å². The Morgan fingerprint density at radius 3 is 2.59 bits per heavy atom. The second-order valence-electron chi connectivity index (χ2n) is 5.76. The summed E-state index contributed by atoms with van der Waals surface area (Å²) in [5.74, 6) is 1.17. The van der Waals surface area contributed by atoms with Crippen molar-refractivity contribution in [3.63, 3.8) is 0 Å². The Balaban J connectivity index is 1.61. The highest BCUT2D eigenvalue weighted by Gasteiger charge is 2.39. The lowest BCUT2D eigenvalue weighted by molar-refractivity contribution is -0.121. The summed E-state index contributed by atoms with van der Waals surface area (Å²) in [5.41, 5.74) is 1.89. The van der Waals surface area contributed by atoms with Crippen LogP contribution < -0.4 is 5.32 Å². The molecule has 1 fully saturated rings. The lowest BCUT2D eigenvalue weighted by Crippen LogP contribution is -2.51. The summed E-state index contributed by atoms with van der Waals surface area (Å²) >= 11 is 1.34. The molecular formula is C17H20N2O2S. The second-order valence-corrected chi connectivity index (χ2v) is 6.69. The minimum absolute atomic E-state index is 0.0297. The number of aromatic nitrogens is 1. The van der Waals surface area contributed by atoms with E-state index in [-0.39, 0.29) is 11.4 Å². The minimum Gasteiger partial charge on any atom is -0.437 e. The molecule has 0 unspecified atom stereocenters. The van der Waals surface area contributed by atoms with E-state index >= 15 is 0 Å². The van der Waals surface area contributed by atoms with E-state index in [2.05, 4.69) is 22.4 Å². The van der Waals surface area contributed by atoms with Crippen LogP contribution in [0.2, 0.25) is 0 Å². The quantitative estimate of drug-likeness (QED) is 0.857. The fraction of sp³-hybridized carbons (Fsp3) is 0.412. The first-order valence-electron chi connectivity index (χ1n) is 7.52. The number of aryl methyl sites for hydroxylation is 2. The van der Waals surface area contributed by atoms with Crippen LogP contribution in [0.5, 0.6) is 0 Å². The van der Waals surface area contributed by atoms with Gasteiger partial charge in [0.25, 0.3) is 5.22 Å². The molecule has 4 nitrogen and oxygen atoms in total. The highest BCUT2D eigenvalue weighted by molar-refractivity contribution is 7.99. The number of benzene rings is 1. The van der Waals surface area contributed by atoms with Gasteiger partial charge < -0.3 is 9.73 Å². The smallest absolute Gasteiger partial charge is 0.256 e. The van der Waals surface area contributed by atoms with Crippen molar-refractivity contribution in [2.45, 2.75) is 43.9 Å². The first-order valence-corrected chi connectivity index (χ1v) is 8.51. The molecule has 116 valence electrons. The maximum atomic E-state index is 12.3. The number of carbonyl (C=O) groups excluding carboxylic acids is 1. The molecule has 5 heteroatoms. The van der Waals surface area contributed by atoms with Crippen LogP contribution in [-0.4, -0.2) is 16.6 Å². The molecule has 1 amide bonds. The normalized spacial score (nSPS) is 16.1. The van der Waals surface area contributed by atoms with Crippen LogP contribution in [0.4, 0.5) is 0 Å². The molecule has 1 heterocycles. The van der Waals surface area contributed by atoms with Gasteiger partial charge in [-0.3, -0.25) is 4.79 Å². The van der Waals surface area contributed by atoms with Gasteiger partial charge in [0.2, 0.25) is 5.91 Å². The monoisotopic (exact) mass is 316 g/mol. The van der Waals surface area contributed by atoms with Gasteiger partial charge in [0.15, 0.2) is 0 Å². The van der Waals surface area contributed by atoms with Crippen molar-refractivity contribution >= 4 is 17.7 Å². The molecule has 0 radical (unpaired) electrons. The van der Waals surface area contributed by atoms with E-state index in [9.17, 15) is 4.79 Å². The molecule has 0 saturated heterocycles. The van der Waals surface area contributed by atoms with Gasteiger partial charge in [0.1, 0.15) is 5.76 Å². The van der Waals surface area contributed by atoms with Crippen LogP contribution in [0.3, 0.4) is 0 Å². The Morgan fingerprint density at radius 1 is 1.32 bits per heavy atom. The Bertz CT molecular complexity index is 643. The van der Waals surface area contributed by atoms with Gasteiger partial charge in [-0.1, -0.05) is 42.1 Å². The summed E-state index contributed by atoms with van der Waals surface area (Å²) in [7, 11) is 0. The van der Waals surface area contributed by atoms with Crippen molar-refractivity contribution in [2.75, 3.05) is 5.75 Å². The average Bonchev–Trinajstić information content (AvgIpc) is 2.80. The Kier molecular flexibility index (Phi) is 4.25. The zero-order chi connectivity index (χ0) is 15.6. The van der Waals surface area contributed by atoms with Crippen molar-refractivity contribution in [1.29, 1.82) is 0 Å². The topological polar surface area (TPSA) is 55.1 Å². The molecule has 3 rings (SSSR count). The number of thioether (sulfide) groups is 1. The zero-order valence-corrected chi connectivity index (χ0v) is 13.7. The second kappa shape index (κ2) is 6.16. The lowest BCUT2D eigenvalue weighted by atomic mass is 9.72. The van der Waals surface area contributed by atoms with Gasteiger partial charge in [0, 0.05) is 0 Å². The summed E-state index contributed by atoms with van der Waals surface area (Å²) in [6.45, 7) is 3.78. The minimum atomic E-state index is -0.179. The fourth-order valence-corrected chi connectivity index (χ4v) is 3.42. The first-order chi connectivity index (χ1) is 10.6. The molecule has 22 heavy (non-hydrogen) atoms. The highest BCUT2D eigenvalue weighted by atomic mass is 32.2. The van der Waals surface area contributed by atoms with E-state index in [0.29, 0.717) is 11.0 Å². The van der Waals surface area contributed by atoms with E-state index < -0.39 is 0 Å². The summed E-state index contributed by atoms with van der Waals surface area (Å²) < 4.78 is 5.49. The lowest BCUT2D eigenvalue weighted by Gasteiger charge is -2.43. The number of hydrogen-bond acceptors (Lipinski definition) is 4. The van der Waals surface area contributed by atoms with Crippen LogP contribution in [0.25, 0.3) is 0 Å². The third kappa shape index (κ3) is 3.04. The molecule has 0 aliphatic heterocycles. The maximum absolute atomic E-state index is 12.3. The molecule has 0 atom stereocenters. The number of rotatable bonds is 5. The summed E-state index contributed by atoms with van der Waals surface area (Å²) in [6, 6.07) is 10.2. The fourth-order valence-electron chi connectivity index (χ4n) is 2.71. The van der Waals surface area contributed by atoms with Gasteiger partial charge in [-0.2, -0.15) is 0 Å². The van der Waals surface area contributed by atoms with Crippen LogP contribution in [-0.2, 0) is 10.3 Å².